The van der Waals surface area contributed by atoms with E-state index in [9.17, 15) is 19.8 Å². The van der Waals surface area contributed by atoms with Crippen LogP contribution in [0.5, 0.6) is 5.75 Å². The van der Waals surface area contributed by atoms with Crippen molar-refractivity contribution in [1.29, 1.82) is 0 Å². The van der Waals surface area contributed by atoms with Crippen LogP contribution in [-0.4, -0.2) is 47.5 Å². The maximum Gasteiger partial charge on any atom is 0.337 e. The summed E-state index contributed by atoms with van der Waals surface area (Å²) in [5.74, 6) is 0.250. The summed E-state index contributed by atoms with van der Waals surface area (Å²) in [6.45, 7) is 10.3. The van der Waals surface area contributed by atoms with E-state index in [1.54, 1.807) is 30.3 Å². The number of aliphatic hydroxyl groups is 2. The topological polar surface area (TPSA) is 105 Å². The summed E-state index contributed by atoms with van der Waals surface area (Å²) in [6, 6.07) is 7.08. The fourth-order valence-corrected chi connectivity index (χ4v) is 6.71. The molecular formula is C28H37NO6. The highest BCUT2D eigenvalue weighted by Crippen LogP contribution is 2.62. The van der Waals surface area contributed by atoms with Crippen molar-refractivity contribution < 1.29 is 29.3 Å². The summed E-state index contributed by atoms with van der Waals surface area (Å²) in [6.07, 6.45) is 4.40. The second kappa shape index (κ2) is 9.78. The lowest BCUT2D eigenvalue weighted by molar-refractivity contribution is -0.154. The number of benzene rings is 1. The van der Waals surface area contributed by atoms with E-state index in [1.165, 1.54) is 6.92 Å². The Morgan fingerprint density at radius 1 is 1.29 bits per heavy atom. The minimum Gasteiger partial charge on any atom is -0.485 e. The Morgan fingerprint density at radius 2 is 2.00 bits per heavy atom. The first-order valence-electron chi connectivity index (χ1n) is 12.5. The Labute approximate surface area is 207 Å². The van der Waals surface area contributed by atoms with Gasteiger partial charge < -0.3 is 25.0 Å². The van der Waals surface area contributed by atoms with Crippen molar-refractivity contribution in [3.05, 3.63) is 48.1 Å². The number of aliphatic hydroxyl groups excluding tert-OH is 2. The lowest BCUT2D eigenvalue weighted by Gasteiger charge is -2.60. The Balaban J connectivity index is 1.62. The van der Waals surface area contributed by atoms with Gasteiger partial charge in [-0.15, -0.1) is 0 Å². The third kappa shape index (κ3) is 4.76. The summed E-state index contributed by atoms with van der Waals surface area (Å²) in [4.78, 5) is 23.9. The van der Waals surface area contributed by atoms with Gasteiger partial charge in [-0.1, -0.05) is 26.0 Å². The van der Waals surface area contributed by atoms with Gasteiger partial charge in [-0.25, -0.2) is 4.79 Å². The lowest BCUT2D eigenvalue weighted by atomic mass is 9.46. The Morgan fingerprint density at radius 3 is 2.60 bits per heavy atom. The van der Waals surface area contributed by atoms with E-state index in [2.05, 4.69) is 18.8 Å². The molecule has 7 heteroatoms. The fraction of sp³-hybridized carbons (Fsp3) is 0.571. The van der Waals surface area contributed by atoms with E-state index in [1.807, 2.05) is 6.92 Å². The molecule has 1 unspecified atom stereocenters. The first-order chi connectivity index (χ1) is 16.6. The average Bonchev–Trinajstić information content (AvgIpc) is 3.25. The van der Waals surface area contributed by atoms with Gasteiger partial charge in [0, 0.05) is 18.0 Å². The third-order valence-corrected chi connectivity index (χ3v) is 8.70. The third-order valence-electron chi connectivity index (χ3n) is 8.70. The number of anilines is 1. The van der Waals surface area contributed by atoms with Crippen LogP contribution in [-0.2, 0) is 14.3 Å². The highest BCUT2D eigenvalue weighted by Gasteiger charge is 2.58. The minimum absolute atomic E-state index is 0.0533. The number of esters is 1. The first-order valence-corrected chi connectivity index (χ1v) is 12.5. The largest absolute Gasteiger partial charge is 0.485 e. The van der Waals surface area contributed by atoms with Crippen molar-refractivity contribution in [2.75, 3.05) is 18.5 Å². The number of hydrogen-bond acceptors (Lipinski definition) is 6. The number of fused-ring (bicyclic) bond motifs is 1. The lowest BCUT2D eigenvalue weighted by Crippen LogP contribution is -2.57. The van der Waals surface area contributed by atoms with Crippen molar-refractivity contribution in [2.24, 2.45) is 22.7 Å². The molecule has 35 heavy (non-hydrogen) atoms. The van der Waals surface area contributed by atoms with Crippen LogP contribution < -0.4 is 10.1 Å². The van der Waals surface area contributed by atoms with Gasteiger partial charge in [0.15, 0.2) is 0 Å². The van der Waals surface area contributed by atoms with Gasteiger partial charge >= 0.3 is 5.97 Å². The molecule has 3 aliphatic rings. The molecule has 1 aromatic rings. The second-order valence-corrected chi connectivity index (χ2v) is 10.8. The normalized spacial score (nSPS) is 33.4. The van der Waals surface area contributed by atoms with Gasteiger partial charge in [0.25, 0.3) is 0 Å². The van der Waals surface area contributed by atoms with Gasteiger partial charge in [-0.2, -0.15) is 0 Å². The van der Waals surface area contributed by atoms with Crippen LogP contribution in [0, 0.1) is 22.7 Å². The van der Waals surface area contributed by atoms with Crippen LogP contribution in [0.3, 0.4) is 0 Å². The average molecular weight is 484 g/mol. The summed E-state index contributed by atoms with van der Waals surface area (Å²) in [5, 5.41) is 23.8. The number of ether oxygens (including phenoxy) is 2. The standard InChI is InChI=1S/C28H37NO6/c1-17-5-10-24-27(3,13-11-25(32)28(24,4)16-30)22(17)15-23(21-12-14-34-26(21)33)35-20-8-6-19(7-9-20)29-18(2)31/h6-9,12,22-25,30,32H,1,5,10-11,13-16H2,2-4H3,(H,29,31)/t22-,23?,24+,25-,27+,28+/m1/s1. The molecule has 1 amide bonds. The molecule has 0 radical (unpaired) electrons. The molecular weight excluding hydrogens is 446 g/mol. The van der Waals surface area contributed by atoms with Gasteiger partial charge in [0.05, 0.1) is 18.3 Å². The van der Waals surface area contributed by atoms with Crippen LogP contribution >= 0.6 is 0 Å². The first kappa shape index (κ1) is 25.5. The Kier molecular flexibility index (Phi) is 7.11. The highest BCUT2D eigenvalue weighted by atomic mass is 16.5. The van der Waals surface area contributed by atoms with E-state index in [0.717, 1.165) is 24.8 Å². The number of allylic oxidation sites excluding steroid dienone is 1. The van der Waals surface area contributed by atoms with E-state index < -0.39 is 17.6 Å². The van der Waals surface area contributed by atoms with E-state index >= 15 is 0 Å². The zero-order chi connectivity index (χ0) is 25.4. The van der Waals surface area contributed by atoms with Crippen LogP contribution in [0.1, 0.15) is 52.9 Å². The quantitative estimate of drug-likeness (QED) is 0.400. The summed E-state index contributed by atoms with van der Waals surface area (Å²) >= 11 is 0. The molecule has 0 saturated heterocycles. The van der Waals surface area contributed by atoms with Crippen molar-refractivity contribution >= 4 is 17.6 Å². The molecule has 2 saturated carbocycles. The van der Waals surface area contributed by atoms with E-state index in [4.69, 9.17) is 9.47 Å². The highest BCUT2D eigenvalue weighted by molar-refractivity contribution is 5.91. The molecule has 2 fully saturated rings. The van der Waals surface area contributed by atoms with Crippen molar-refractivity contribution in [1.82, 2.24) is 0 Å². The summed E-state index contributed by atoms with van der Waals surface area (Å²) < 4.78 is 11.6. The second-order valence-electron chi connectivity index (χ2n) is 10.8. The smallest absolute Gasteiger partial charge is 0.337 e. The van der Waals surface area contributed by atoms with Crippen molar-refractivity contribution in [3.63, 3.8) is 0 Å². The van der Waals surface area contributed by atoms with Crippen molar-refractivity contribution in [2.45, 2.75) is 65.1 Å². The van der Waals surface area contributed by atoms with Crippen LogP contribution in [0.25, 0.3) is 0 Å². The Hall–Kier alpha value is -2.64. The molecule has 3 N–H and O–H groups in total. The number of carbonyl (C=O) groups excluding carboxylic acids is 2. The number of cyclic esters (lactones) is 1. The summed E-state index contributed by atoms with van der Waals surface area (Å²) in [5.41, 5.74) is 1.54. The molecule has 4 rings (SSSR count). The maximum atomic E-state index is 12.6. The zero-order valence-corrected chi connectivity index (χ0v) is 20.9. The Bertz CT molecular complexity index is 1020. The van der Waals surface area contributed by atoms with E-state index in [-0.39, 0.29) is 42.3 Å². The molecule has 0 aromatic heterocycles. The molecule has 1 aliphatic heterocycles. The molecule has 6 atom stereocenters. The number of amides is 1. The van der Waals surface area contributed by atoms with Crippen LogP contribution in [0.15, 0.2) is 48.1 Å². The number of rotatable bonds is 7. The molecule has 190 valence electrons. The fourth-order valence-electron chi connectivity index (χ4n) is 6.71. The summed E-state index contributed by atoms with van der Waals surface area (Å²) in [7, 11) is 0. The molecule has 0 spiro atoms. The number of hydrogen-bond donors (Lipinski definition) is 3. The van der Waals surface area contributed by atoms with Crippen LogP contribution in [0.2, 0.25) is 0 Å². The molecule has 1 heterocycles. The van der Waals surface area contributed by atoms with Gasteiger partial charge in [0.2, 0.25) is 5.91 Å². The maximum absolute atomic E-state index is 12.6. The minimum atomic E-state index is -0.576. The molecule has 2 aliphatic carbocycles. The molecule has 7 nitrogen and oxygen atoms in total. The monoisotopic (exact) mass is 483 g/mol. The predicted molar refractivity (Wildman–Crippen MR) is 133 cm³/mol. The van der Waals surface area contributed by atoms with E-state index in [0.29, 0.717) is 29.9 Å². The molecule has 0 bridgehead atoms. The van der Waals surface area contributed by atoms with Gasteiger partial charge in [0.1, 0.15) is 18.5 Å². The number of nitrogens with one attached hydrogen (secondary N) is 1. The molecule has 1 aromatic carbocycles. The number of carbonyl (C=O) groups is 2. The van der Waals surface area contributed by atoms with Gasteiger partial charge in [-0.3, -0.25) is 4.79 Å². The van der Waals surface area contributed by atoms with Crippen LogP contribution in [0.4, 0.5) is 5.69 Å². The van der Waals surface area contributed by atoms with Gasteiger partial charge in [-0.05, 0) is 79.7 Å². The zero-order valence-electron chi connectivity index (χ0n) is 20.9. The SMILES string of the molecule is C=C1CC[C@@H]2[C@](C)(CO)[C@H](O)CC[C@@]2(C)[C@@H]1CC(Oc1ccc(NC(C)=O)cc1)C1=CCOC1=O. The van der Waals surface area contributed by atoms with Crippen molar-refractivity contribution in [3.8, 4) is 5.75 Å². The predicted octanol–water partition coefficient (Wildman–Crippen LogP) is 4.01.